The Morgan fingerprint density at radius 1 is 1.00 bits per heavy atom. The highest BCUT2D eigenvalue weighted by Gasteiger charge is 2.18. The smallest absolute Gasteiger partial charge is 0.0316 e. The van der Waals surface area contributed by atoms with E-state index in [4.69, 9.17) is 0 Å². The quantitative estimate of drug-likeness (QED) is 0.696. The second-order valence-electron chi connectivity index (χ2n) is 3.63. The number of hydrogen-bond acceptors (Lipinski definition) is 2. The fourth-order valence-electron chi connectivity index (χ4n) is 1.84. The zero-order valence-corrected chi connectivity index (χ0v) is 11.7. The zero-order valence-electron chi connectivity index (χ0n) is 8.44. The van der Waals surface area contributed by atoms with Crippen LogP contribution in [0.3, 0.4) is 0 Å². The van der Waals surface area contributed by atoms with Crippen molar-refractivity contribution < 1.29 is 0 Å². The van der Waals surface area contributed by atoms with Crippen LogP contribution in [-0.4, -0.2) is 0 Å². The lowest BCUT2D eigenvalue weighted by Gasteiger charge is -2.01. The Hall–Kier alpha value is -0.640. The van der Waals surface area contributed by atoms with E-state index in [9.17, 15) is 0 Å². The van der Waals surface area contributed by atoms with Gasteiger partial charge < -0.3 is 0 Å². The molecule has 0 saturated carbocycles. The molecule has 80 valence electrons. The molecule has 0 nitrogen and oxygen atoms in total. The van der Waals surface area contributed by atoms with Gasteiger partial charge in [0, 0.05) is 20.7 Å². The Kier molecular flexibility index (Phi) is 2.84. The minimum atomic E-state index is 1.04. The molecule has 0 aliphatic heterocycles. The number of hydrogen-bond donors (Lipinski definition) is 0. The maximum absolute atomic E-state index is 3.67. The summed E-state index contributed by atoms with van der Waals surface area (Å²) in [6.45, 7) is 0. The van der Waals surface area contributed by atoms with Gasteiger partial charge >= 0.3 is 0 Å². The average Bonchev–Trinajstić information content (AvgIpc) is 2.97. The van der Waals surface area contributed by atoms with Gasteiger partial charge in [0.1, 0.15) is 0 Å². The molecule has 2 heterocycles. The summed E-state index contributed by atoms with van der Waals surface area (Å²) in [5.74, 6) is 0. The summed E-state index contributed by atoms with van der Waals surface area (Å²) in [5, 5.41) is 4.26. The summed E-state index contributed by atoms with van der Waals surface area (Å²) >= 11 is 7.28. The van der Waals surface area contributed by atoms with Gasteiger partial charge in [0.25, 0.3) is 0 Å². The molecule has 3 rings (SSSR count). The van der Waals surface area contributed by atoms with E-state index >= 15 is 0 Å². The normalized spacial score (nSPS) is 15.7. The summed E-state index contributed by atoms with van der Waals surface area (Å²) in [6, 6.07) is 8.59. The molecule has 0 saturated heterocycles. The van der Waals surface area contributed by atoms with Crippen molar-refractivity contribution in [2.75, 3.05) is 0 Å². The second kappa shape index (κ2) is 4.32. The van der Waals surface area contributed by atoms with Gasteiger partial charge in [-0.3, -0.25) is 0 Å². The standard InChI is InChI=1S/C13H9BrS2/c14-11-8-9(12-3-1-5-15-12)7-10(11)13-4-2-6-16-13/h1-6,8H,7H2. The average molecular weight is 309 g/mol. The first-order valence-electron chi connectivity index (χ1n) is 5.01. The summed E-state index contributed by atoms with van der Waals surface area (Å²) in [6.07, 6.45) is 3.29. The van der Waals surface area contributed by atoms with E-state index in [-0.39, 0.29) is 0 Å². The molecule has 0 bridgehead atoms. The van der Waals surface area contributed by atoms with E-state index < -0.39 is 0 Å². The fourth-order valence-corrected chi connectivity index (χ4v) is 4.13. The van der Waals surface area contributed by atoms with E-state index in [1.165, 1.54) is 25.4 Å². The first kappa shape index (κ1) is 10.5. The molecule has 0 fully saturated rings. The minimum absolute atomic E-state index is 1.04. The maximum Gasteiger partial charge on any atom is 0.0316 e. The summed E-state index contributed by atoms with van der Waals surface area (Å²) < 4.78 is 1.23. The van der Waals surface area contributed by atoms with Crippen LogP contribution in [-0.2, 0) is 0 Å². The third kappa shape index (κ3) is 1.83. The van der Waals surface area contributed by atoms with Gasteiger partial charge in [-0.2, -0.15) is 0 Å². The van der Waals surface area contributed by atoms with Gasteiger partial charge in [-0.25, -0.2) is 0 Å². The first-order chi connectivity index (χ1) is 7.84. The zero-order chi connectivity index (χ0) is 11.0. The molecule has 0 spiro atoms. The van der Waals surface area contributed by atoms with E-state index in [1.54, 1.807) is 11.3 Å². The van der Waals surface area contributed by atoms with Gasteiger partial charge in [-0.05, 0) is 40.1 Å². The monoisotopic (exact) mass is 308 g/mol. The second-order valence-corrected chi connectivity index (χ2v) is 6.38. The number of allylic oxidation sites excluding steroid dienone is 4. The van der Waals surface area contributed by atoms with Crippen molar-refractivity contribution in [3.63, 3.8) is 0 Å². The third-order valence-electron chi connectivity index (χ3n) is 2.61. The number of rotatable bonds is 2. The fraction of sp³-hybridized carbons (Fsp3) is 0.0769. The van der Waals surface area contributed by atoms with Crippen LogP contribution in [0.4, 0.5) is 0 Å². The van der Waals surface area contributed by atoms with Crippen LogP contribution in [0.5, 0.6) is 0 Å². The highest BCUT2D eigenvalue weighted by molar-refractivity contribution is 9.12. The van der Waals surface area contributed by atoms with Crippen LogP contribution >= 0.6 is 38.6 Å². The van der Waals surface area contributed by atoms with Gasteiger partial charge in [0.05, 0.1) is 0 Å². The largest absolute Gasteiger partial charge is 0.144 e. The predicted molar refractivity (Wildman–Crippen MR) is 77.1 cm³/mol. The molecule has 2 aromatic rings. The lowest BCUT2D eigenvalue weighted by atomic mass is 10.1. The maximum atomic E-state index is 3.67. The molecule has 2 aromatic heterocycles. The Morgan fingerprint density at radius 3 is 2.31 bits per heavy atom. The Bertz CT molecular complexity index is 545. The van der Waals surface area contributed by atoms with E-state index in [1.807, 2.05) is 11.3 Å². The van der Waals surface area contributed by atoms with Crippen molar-refractivity contribution >= 4 is 49.7 Å². The van der Waals surface area contributed by atoms with Crippen LogP contribution in [0.15, 0.2) is 45.6 Å². The van der Waals surface area contributed by atoms with Crippen LogP contribution in [0.2, 0.25) is 0 Å². The molecule has 1 aliphatic rings. The molecule has 0 atom stereocenters. The third-order valence-corrected chi connectivity index (χ3v) is 5.20. The molecule has 0 radical (unpaired) electrons. The predicted octanol–water partition coefficient (Wildman–Crippen LogP) is 5.40. The van der Waals surface area contributed by atoms with E-state index in [0.717, 1.165) is 6.42 Å². The lowest BCUT2D eigenvalue weighted by molar-refractivity contribution is 1.49. The molecule has 0 aromatic carbocycles. The SMILES string of the molecule is BrC1=C(c2cccs2)CC(c2cccs2)=C1. The van der Waals surface area contributed by atoms with Crippen LogP contribution in [0, 0.1) is 0 Å². The molecule has 3 heteroatoms. The molecular weight excluding hydrogens is 300 g/mol. The van der Waals surface area contributed by atoms with Gasteiger partial charge in [-0.15, -0.1) is 22.7 Å². The molecule has 0 amide bonds. The van der Waals surface area contributed by atoms with Gasteiger partial charge in [0.2, 0.25) is 0 Å². The molecule has 0 N–H and O–H groups in total. The van der Waals surface area contributed by atoms with Crippen molar-refractivity contribution in [2.45, 2.75) is 6.42 Å². The summed E-state index contributed by atoms with van der Waals surface area (Å²) in [4.78, 5) is 2.75. The van der Waals surface area contributed by atoms with Crippen molar-refractivity contribution in [1.29, 1.82) is 0 Å². The molecule has 0 unspecified atom stereocenters. The van der Waals surface area contributed by atoms with E-state index in [0.29, 0.717) is 0 Å². The minimum Gasteiger partial charge on any atom is -0.144 e. The Labute approximate surface area is 111 Å². The van der Waals surface area contributed by atoms with E-state index in [2.05, 4.69) is 57.0 Å². The first-order valence-corrected chi connectivity index (χ1v) is 7.57. The van der Waals surface area contributed by atoms with Crippen LogP contribution < -0.4 is 0 Å². The highest BCUT2D eigenvalue weighted by Crippen LogP contribution is 2.42. The lowest BCUT2D eigenvalue weighted by Crippen LogP contribution is -1.78. The molecule has 1 aliphatic carbocycles. The highest BCUT2D eigenvalue weighted by atomic mass is 79.9. The van der Waals surface area contributed by atoms with Crippen molar-refractivity contribution in [2.24, 2.45) is 0 Å². The van der Waals surface area contributed by atoms with Crippen molar-refractivity contribution in [3.05, 3.63) is 55.3 Å². The summed E-state index contributed by atoms with van der Waals surface area (Å²) in [5.41, 5.74) is 2.84. The Morgan fingerprint density at radius 2 is 1.69 bits per heavy atom. The van der Waals surface area contributed by atoms with Crippen molar-refractivity contribution in [1.82, 2.24) is 0 Å². The molecular formula is C13H9BrS2. The van der Waals surface area contributed by atoms with Crippen LogP contribution in [0.1, 0.15) is 16.2 Å². The van der Waals surface area contributed by atoms with Crippen molar-refractivity contribution in [3.8, 4) is 0 Å². The van der Waals surface area contributed by atoms with Crippen LogP contribution in [0.25, 0.3) is 11.1 Å². The summed E-state index contributed by atoms with van der Waals surface area (Å²) in [7, 11) is 0. The van der Waals surface area contributed by atoms with Gasteiger partial charge in [0.15, 0.2) is 0 Å². The number of halogens is 1. The van der Waals surface area contributed by atoms with Gasteiger partial charge in [-0.1, -0.05) is 28.1 Å². The topological polar surface area (TPSA) is 0 Å². The Balaban J connectivity index is 1.91. The number of thiophene rings is 2. The molecule has 16 heavy (non-hydrogen) atoms.